The zero-order chi connectivity index (χ0) is 4.41. The lowest BCUT2D eigenvalue weighted by molar-refractivity contribution is 1.02. The molecule has 0 saturated carbocycles. The SMILES string of the molecule is Sn1cccn1. The molecule has 0 aliphatic rings. The number of rotatable bonds is 0. The van der Waals surface area contributed by atoms with E-state index in [1.165, 1.54) is 4.09 Å². The third-order valence-corrected chi connectivity index (χ3v) is 0.727. The van der Waals surface area contributed by atoms with E-state index in [2.05, 4.69) is 17.9 Å². The molecule has 0 spiro atoms. The number of hydrogen-bond acceptors (Lipinski definition) is 2. The summed E-state index contributed by atoms with van der Waals surface area (Å²) < 4.78 is 1.44. The average Bonchev–Trinajstić information content (AvgIpc) is 1.86. The van der Waals surface area contributed by atoms with E-state index in [4.69, 9.17) is 0 Å². The first-order chi connectivity index (χ1) is 2.89. The Morgan fingerprint density at radius 3 is 2.67 bits per heavy atom. The predicted molar refractivity (Wildman–Crippen MR) is 26.6 cm³/mol. The van der Waals surface area contributed by atoms with Gasteiger partial charge in [-0.25, -0.2) is 4.09 Å². The van der Waals surface area contributed by atoms with Crippen LogP contribution >= 0.6 is 12.8 Å². The standard InChI is InChI=1S/C3H4N2S/c6-5-3-1-2-4-5/h1-3,6H. The molecule has 1 heterocycles. The smallest absolute Gasteiger partial charge is 0.0500 e. The fourth-order valence-electron chi connectivity index (χ4n) is 0.261. The van der Waals surface area contributed by atoms with E-state index in [1.807, 2.05) is 6.07 Å². The summed E-state index contributed by atoms with van der Waals surface area (Å²) in [7, 11) is 0. The molecule has 3 heteroatoms. The van der Waals surface area contributed by atoms with Crippen LogP contribution in [0.4, 0.5) is 0 Å². The Balaban J connectivity index is 3.05. The molecule has 0 aliphatic heterocycles. The maximum absolute atomic E-state index is 3.84. The van der Waals surface area contributed by atoms with Gasteiger partial charge < -0.3 is 0 Å². The van der Waals surface area contributed by atoms with Gasteiger partial charge in [0.2, 0.25) is 0 Å². The molecule has 1 rings (SSSR count). The van der Waals surface area contributed by atoms with Gasteiger partial charge in [0.15, 0.2) is 0 Å². The fraction of sp³-hybridized carbons (Fsp3) is 0. The molecule has 0 saturated heterocycles. The fourth-order valence-corrected chi connectivity index (χ4v) is 0.397. The Hall–Kier alpha value is -0.440. The Labute approximate surface area is 41.3 Å². The van der Waals surface area contributed by atoms with Gasteiger partial charge in [0, 0.05) is 12.4 Å². The van der Waals surface area contributed by atoms with E-state index in [1.54, 1.807) is 12.4 Å². The van der Waals surface area contributed by atoms with Crippen LogP contribution in [0.2, 0.25) is 0 Å². The number of nitrogens with zero attached hydrogens (tertiary/aromatic N) is 2. The summed E-state index contributed by atoms with van der Waals surface area (Å²) in [6, 6.07) is 1.81. The van der Waals surface area contributed by atoms with Crippen molar-refractivity contribution >= 4 is 12.8 Å². The second-order valence-corrected chi connectivity index (χ2v) is 1.34. The minimum atomic E-state index is 1.44. The maximum atomic E-state index is 3.84. The highest BCUT2D eigenvalue weighted by Gasteiger charge is 1.70. The molecule has 2 nitrogen and oxygen atoms in total. The van der Waals surface area contributed by atoms with Crippen molar-refractivity contribution in [1.29, 1.82) is 0 Å². The van der Waals surface area contributed by atoms with Gasteiger partial charge in [-0.3, -0.25) is 0 Å². The Bertz CT molecular complexity index is 112. The lowest BCUT2D eigenvalue weighted by atomic mass is 10.8. The lowest BCUT2D eigenvalue weighted by Crippen LogP contribution is -1.73. The van der Waals surface area contributed by atoms with Crippen LogP contribution in [0.3, 0.4) is 0 Å². The van der Waals surface area contributed by atoms with Crippen LogP contribution in [0.5, 0.6) is 0 Å². The van der Waals surface area contributed by atoms with Crippen molar-refractivity contribution in [2.45, 2.75) is 0 Å². The molecule has 32 valence electrons. The van der Waals surface area contributed by atoms with E-state index >= 15 is 0 Å². The van der Waals surface area contributed by atoms with Crippen LogP contribution in [-0.4, -0.2) is 9.19 Å². The third-order valence-electron chi connectivity index (χ3n) is 0.490. The molecule has 0 radical (unpaired) electrons. The summed E-state index contributed by atoms with van der Waals surface area (Å²) in [5, 5.41) is 3.70. The van der Waals surface area contributed by atoms with E-state index in [0.29, 0.717) is 0 Å². The highest BCUT2D eigenvalue weighted by molar-refractivity contribution is 7.78. The molecule has 0 aliphatic carbocycles. The first-order valence-electron chi connectivity index (χ1n) is 1.58. The number of thiol groups is 1. The van der Waals surface area contributed by atoms with Crippen molar-refractivity contribution in [1.82, 2.24) is 9.19 Å². The third kappa shape index (κ3) is 0.542. The quantitative estimate of drug-likeness (QED) is 0.472. The maximum Gasteiger partial charge on any atom is 0.0500 e. The van der Waals surface area contributed by atoms with E-state index < -0.39 is 0 Å². The number of aromatic nitrogens is 2. The van der Waals surface area contributed by atoms with Crippen LogP contribution in [0.1, 0.15) is 0 Å². The molecular formula is C3H4N2S. The highest BCUT2D eigenvalue weighted by Crippen LogP contribution is 1.81. The summed E-state index contributed by atoms with van der Waals surface area (Å²) in [6.45, 7) is 0. The van der Waals surface area contributed by atoms with Gasteiger partial charge in [0.25, 0.3) is 0 Å². The molecular weight excluding hydrogens is 96.1 g/mol. The summed E-state index contributed by atoms with van der Waals surface area (Å²) in [5.41, 5.74) is 0. The minimum absolute atomic E-state index is 1.44. The van der Waals surface area contributed by atoms with Crippen molar-refractivity contribution < 1.29 is 0 Å². The Morgan fingerprint density at radius 1 is 1.67 bits per heavy atom. The van der Waals surface area contributed by atoms with Crippen molar-refractivity contribution in [2.24, 2.45) is 0 Å². The summed E-state index contributed by atoms with van der Waals surface area (Å²) in [5.74, 6) is 0. The average molecular weight is 100 g/mol. The molecule has 0 aromatic carbocycles. The second-order valence-electron chi connectivity index (χ2n) is 0.926. The summed E-state index contributed by atoms with van der Waals surface area (Å²) >= 11 is 3.84. The Kier molecular flexibility index (Phi) is 0.837. The highest BCUT2D eigenvalue weighted by atomic mass is 32.1. The van der Waals surface area contributed by atoms with Crippen LogP contribution < -0.4 is 0 Å². The Morgan fingerprint density at radius 2 is 2.50 bits per heavy atom. The van der Waals surface area contributed by atoms with Crippen molar-refractivity contribution in [3.8, 4) is 0 Å². The van der Waals surface area contributed by atoms with Gasteiger partial charge >= 0.3 is 0 Å². The topological polar surface area (TPSA) is 17.8 Å². The molecule has 0 bridgehead atoms. The molecule has 1 aromatic heterocycles. The first kappa shape index (κ1) is 3.74. The van der Waals surface area contributed by atoms with Crippen LogP contribution in [0, 0.1) is 0 Å². The first-order valence-corrected chi connectivity index (χ1v) is 1.98. The van der Waals surface area contributed by atoms with Gasteiger partial charge in [-0.2, -0.15) is 5.10 Å². The summed E-state index contributed by atoms with van der Waals surface area (Å²) in [6.07, 6.45) is 3.43. The van der Waals surface area contributed by atoms with Crippen LogP contribution in [0.25, 0.3) is 0 Å². The molecule has 0 atom stereocenters. The zero-order valence-corrected chi connectivity index (χ0v) is 3.97. The number of hydrogen-bond donors (Lipinski definition) is 1. The lowest BCUT2D eigenvalue weighted by Gasteiger charge is -1.75. The zero-order valence-electron chi connectivity index (χ0n) is 3.07. The molecule has 6 heavy (non-hydrogen) atoms. The second kappa shape index (κ2) is 1.34. The van der Waals surface area contributed by atoms with Crippen molar-refractivity contribution in [2.75, 3.05) is 0 Å². The van der Waals surface area contributed by atoms with E-state index in [-0.39, 0.29) is 0 Å². The predicted octanol–water partition coefficient (Wildman–Crippen LogP) is 0.576. The van der Waals surface area contributed by atoms with Crippen LogP contribution in [-0.2, 0) is 0 Å². The minimum Gasteiger partial charge on any atom is -0.217 e. The normalized spacial score (nSPS) is 8.83. The van der Waals surface area contributed by atoms with Gasteiger partial charge in [0.05, 0.1) is 0 Å². The monoisotopic (exact) mass is 100 g/mol. The molecule has 0 unspecified atom stereocenters. The van der Waals surface area contributed by atoms with Crippen molar-refractivity contribution in [3.63, 3.8) is 0 Å². The van der Waals surface area contributed by atoms with Gasteiger partial charge in [-0.1, -0.05) is 0 Å². The summed E-state index contributed by atoms with van der Waals surface area (Å²) in [4.78, 5) is 0. The largest absolute Gasteiger partial charge is 0.217 e. The van der Waals surface area contributed by atoms with E-state index in [0.717, 1.165) is 0 Å². The van der Waals surface area contributed by atoms with Gasteiger partial charge in [-0.15, -0.1) is 0 Å². The van der Waals surface area contributed by atoms with Gasteiger partial charge in [-0.05, 0) is 18.9 Å². The van der Waals surface area contributed by atoms with Gasteiger partial charge in [0.1, 0.15) is 0 Å². The molecule has 1 aromatic rings. The molecule has 0 N–H and O–H groups in total. The van der Waals surface area contributed by atoms with E-state index in [9.17, 15) is 0 Å². The molecule has 0 fully saturated rings. The molecule has 0 amide bonds. The van der Waals surface area contributed by atoms with Crippen molar-refractivity contribution in [3.05, 3.63) is 18.5 Å². The van der Waals surface area contributed by atoms with Crippen LogP contribution in [0.15, 0.2) is 18.5 Å².